The maximum Gasteiger partial charge on any atom is 0.325 e. The van der Waals surface area contributed by atoms with E-state index in [0.717, 1.165) is 27.5 Å². The molecule has 4 amide bonds. The number of carbonyl (C=O) groups is 3. The minimum absolute atomic E-state index is 0.245. The van der Waals surface area contributed by atoms with Crippen molar-refractivity contribution in [2.45, 2.75) is 32.4 Å². The van der Waals surface area contributed by atoms with Crippen molar-refractivity contribution in [3.05, 3.63) is 77.1 Å². The van der Waals surface area contributed by atoms with Crippen molar-refractivity contribution in [1.29, 1.82) is 0 Å². The number of hydrogen-bond donors (Lipinski definition) is 2. The van der Waals surface area contributed by atoms with Crippen molar-refractivity contribution < 1.29 is 19.1 Å². The zero-order valence-electron chi connectivity index (χ0n) is 19.0. The Morgan fingerprint density at radius 2 is 1.85 bits per heavy atom. The summed E-state index contributed by atoms with van der Waals surface area (Å²) in [7, 11) is 0. The highest BCUT2D eigenvalue weighted by Crippen LogP contribution is 2.40. The first-order chi connectivity index (χ1) is 16.4. The number of aryl methyl sites for hydroxylation is 1. The fourth-order valence-corrected chi connectivity index (χ4v) is 4.65. The number of nitrogens with one attached hydrogen (secondary N) is 2. The number of aromatic nitrogens is 2. The molecule has 0 radical (unpaired) electrons. The van der Waals surface area contributed by atoms with Crippen LogP contribution in [0.25, 0.3) is 5.69 Å². The molecule has 174 valence electrons. The highest BCUT2D eigenvalue weighted by Gasteiger charge is 2.55. The second-order valence-electron chi connectivity index (χ2n) is 8.49. The van der Waals surface area contributed by atoms with E-state index in [0.29, 0.717) is 24.3 Å². The summed E-state index contributed by atoms with van der Waals surface area (Å²) in [4.78, 5) is 39.8. The van der Waals surface area contributed by atoms with Crippen molar-refractivity contribution in [2.24, 2.45) is 0 Å². The van der Waals surface area contributed by atoms with Gasteiger partial charge in [0.2, 0.25) is 5.91 Å². The molecule has 2 N–H and O–H groups in total. The van der Waals surface area contributed by atoms with Crippen LogP contribution >= 0.6 is 0 Å². The number of amides is 4. The van der Waals surface area contributed by atoms with Crippen LogP contribution in [0.4, 0.5) is 4.79 Å². The lowest BCUT2D eigenvalue weighted by Crippen LogP contribution is -2.48. The average molecular weight is 460 g/mol. The lowest BCUT2D eigenvalue weighted by molar-refractivity contribution is -0.136. The van der Waals surface area contributed by atoms with Crippen LogP contribution in [0.5, 0.6) is 5.75 Å². The summed E-state index contributed by atoms with van der Waals surface area (Å²) in [5.41, 5.74) is 2.95. The van der Waals surface area contributed by atoms with Gasteiger partial charge in [0.25, 0.3) is 5.91 Å². The van der Waals surface area contributed by atoms with E-state index in [2.05, 4.69) is 15.7 Å². The molecule has 1 fully saturated rings. The maximum absolute atomic E-state index is 13.3. The van der Waals surface area contributed by atoms with Gasteiger partial charge < -0.3 is 15.4 Å². The maximum atomic E-state index is 13.3. The SMILES string of the molecule is Cc1nn(-c2ccccc2)c(C)c1CNC(=O)CN1C(=O)NC2(CCOc3ccccc32)C1=O. The molecule has 2 aromatic carbocycles. The molecule has 0 bridgehead atoms. The van der Waals surface area contributed by atoms with E-state index in [1.807, 2.05) is 54.9 Å². The predicted octanol–water partition coefficient (Wildman–Crippen LogP) is 2.34. The van der Waals surface area contributed by atoms with Crippen LogP contribution in [0, 0.1) is 13.8 Å². The number of imide groups is 1. The number of ether oxygens (including phenoxy) is 1. The molecule has 3 aromatic rings. The summed E-state index contributed by atoms with van der Waals surface area (Å²) in [5, 5.41) is 10.2. The lowest BCUT2D eigenvalue weighted by Gasteiger charge is -2.33. The van der Waals surface area contributed by atoms with Crippen LogP contribution in [0.3, 0.4) is 0 Å². The van der Waals surface area contributed by atoms with Crippen molar-refractivity contribution >= 4 is 17.8 Å². The third-order valence-electron chi connectivity index (χ3n) is 6.46. The van der Waals surface area contributed by atoms with E-state index < -0.39 is 23.4 Å². The van der Waals surface area contributed by atoms with E-state index in [1.54, 1.807) is 18.2 Å². The fraction of sp³-hybridized carbons (Fsp3) is 0.280. The second-order valence-corrected chi connectivity index (χ2v) is 8.49. The molecule has 1 spiro atoms. The first-order valence-electron chi connectivity index (χ1n) is 11.1. The predicted molar refractivity (Wildman–Crippen MR) is 123 cm³/mol. The summed E-state index contributed by atoms with van der Waals surface area (Å²) >= 11 is 0. The van der Waals surface area contributed by atoms with E-state index >= 15 is 0 Å². The summed E-state index contributed by atoms with van der Waals surface area (Å²) in [5.74, 6) is -0.296. The summed E-state index contributed by atoms with van der Waals surface area (Å²) < 4.78 is 7.48. The van der Waals surface area contributed by atoms with Crippen molar-refractivity contribution in [2.75, 3.05) is 13.2 Å². The Morgan fingerprint density at radius 1 is 1.12 bits per heavy atom. The fourth-order valence-electron chi connectivity index (χ4n) is 4.65. The first kappa shape index (κ1) is 21.7. The summed E-state index contributed by atoms with van der Waals surface area (Å²) in [6.07, 6.45) is 0.309. The molecule has 1 aromatic heterocycles. The number of rotatable bonds is 5. The first-order valence-corrected chi connectivity index (χ1v) is 11.1. The Hall–Kier alpha value is -4.14. The van der Waals surface area contributed by atoms with E-state index in [4.69, 9.17) is 4.74 Å². The van der Waals surface area contributed by atoms with Gasteiger partial charge in [0.15, 0.2) is 5.54 Å². The van der Waals surface area contributed by atoms with Gasteiger partial charge in [-0.2, -0.15) is 5.10 Å². The van der Waals surface area contributed by atoms with Crippen LogP contribution in [-0.2, 0) is 21.7 Å². The topological polar surface area (TPSA) is 106 Å². The Balaban J connectivity index is 1.29. The molecule has 3 heterocycles. The van der Waals surface area contributed by atoms with Crippen molar-refractivity contribution in [3.63, 3.8) is 0 Å². The molecule has 2 aliphatic rings. The van der Waals surface area contributed by atoms with Crippen molar-refractivity contribution in [1.82, 2.24) is 25.3 Å². The number of hydrogen-bond acceptors (Lipinski definition) is 5. The number of urea groups is 1. The molecular weight excluding hydrogens is 434 g/mol. The van der Waals surface area contributed by atoms with Gasteiger partial charge in [-0.1, -0.05) is 36.4 Å². The molecule has 34 heavy (non-hydrogen) atoms. The number of carbonyl (C=O) groups excluding carboxylic acids is 3. The van der Waals surface area contributed by atoms with Gasteiger partial charge in [0.1, 0.15) is 12.3 Å². The minimum Gasteiger partial charge on any atom is -0.493 e. The standard InChI is InChI=1S/C25H25N5O4/c1-16-19(17(2)30(28-16)18-8-4-3-5-9-18)14-26-22(31)15-29-23(32)25(27-24(29)33)12-13-34-21-11-7-6-10-20(21)25/h3-11H,12-15H2,1-2H3,(H,26,31)(H,27,33). The monoisotopic (exact) mass is 459 g/mol. The molecule has 9 nitrogen and oxygen atoms in total. The van der Waals surface area contributed by atoms with E-state index in [-0.39, 0.29) is 13.1 Å². The molecule has 0 aliphatic carbocycles. The molecule has 2 aliphatic heterocycles. The van der Waals surface area contributed by atoms with Crippen LogP contribution in [0.15, 0.2) is 54.6 Å². The number of fused-ring (bicyclic) bond motifs is 2. The summed E-state index contributed by atoms with van der Waals surface area (Å²) in [6.45, 7) is 4.01. The normalized spacial score (nSPS) is 19.1. The van der Waals surface area contributed by atoms with Gasteiger partial charge in [0.05, 0.1) is 18.0 Å². The molecule has 1 unspecified atom stereocenters. The second kappa shape index (κ2) is 8.33. The van der Waals surface area contributed by atoms with Crippen LogP contribution in [0.2, 0.25) is 0 Å². The van der Waals surface area contributed by atoms with E-state index in [9.17, 15) is 14.4 Å². The van der Waals surface area contributed by atoms with Gasteiger partial charge in [-0.15, -0.1) is 0 Å². The van der Waals surface area contributed by atoms with Gasteiger partial charge in [-0.3, -0.25) is 14.5 Å². The molecule has 0 saturated carbocycles. The molecule has 9 heteroatoms. The highest BCUT2D eigenvalue weighted by molar-refractivity contribution is 6.09. The van der Waals surface area contributed by atoms with Crippen molar-refractivity contribution in [3.8, 4) is 11.4 Å². The summed E-state index contributed by atoms with van der Waals surface area (Å²) in [6, 6.07) is 16.3. The Labute approximate surface area is 196 Å². The Morgan fingerprint density at radius 3 is 2.65 bits per heavy atom. The van der Waals surface area contributed by atoms with Gasteiger partial charge >= 0.3 is 6.03 Å². The smallest absolute Gasteiger partial charge is 0.325 e. The molecular formula is C25H25N5O4. The molecule has 5 rings (SSSR count). The van der Waals surface area contributed by atoms with Crippen LogP contribution < -0.4 is 15.4 Å². The lowest BCUT2D eigenvalue weighted by atomic mass is 9.84. The van der Waals surface area contributed by atoms with Crippen LogP contribution in [0.1, 0.15) is 28.9 Å². The third kappa shape index (κ3) is 3.49. The zero-order valence-corrected chi connectivity index (χ0v) is 19.0. The zero-order chi connectivity index (χ0) is 23.9. The van der Waals surface area contributed by atoms with Gasteiger partial charge in [-0.25, -0.2) is 9.48 Å². The average Bonchev–Trinajstić information content (AvgIpc) is 3.26. The van der Waals surface area contributed by atoms with Gasteiger partial charge in [-0.05, 0) is 32.0 Å². The number of para-hydroxylation sites is 2. The van der Waals surface area contributed by atoms with E-state index in [1.165, 1.54) is 0 Å². The minimum atomic E-state index is -1.20. The number of benzene rings is 2. The largest absolute Gasteiger partial charge is 0.493 e. The quantitative estimate of drug-likeness (QED) is 0.570. The Kier molecular flexibility index (Phi) is 5.31. The van der Waals surface area contributed by atoms with Gasteiger partial charge in [0, 0.05) is 29.8 Å². The molecule has 1 saturated heterocycles. The molecule has 1 atom stereocenters. The Bertz CT molecular complexity index is 1290. The highest BCUT2D eigenvalue weighted by atomic mass is 16.5. The number of nitrogens with zero attached hydrogens (tertiary/aromatic N) is 3. The van der Waals surface area contributed by atoms with Crippen LogP contribution in [-0.4, -0.2) is 45.7 Å². The third-order valence-corrected chi connectivity index (χ3v) is 6.46.